The Morgan fingerprint density at radius 2 is 1.58 bits per heavy atom. The van der Waals surface area contributed by atoms with Crippen molar-refractivity contribution in [3.63, 3.8) is 0 Å². The summed E-state index contributed by atoms with van der Waals surface area (Å²) in [5.41, 5.74) is 2.41. The van der Waals surface area contributed by atoms with E-state index in [0.717, 1.165) is 29.7 Å². The highest BCUT2D eigenvalue weighted by Crippen LogP contribution is 2.38. The molecule has 0 amide bonds. The van der Waals surface area contributed by atoms with Gasteiger partial charge in [0.1, 0.15) is 6.33 Å². The first-order chi connectivity index (χ1) is 15.9. The van der Waals surface area contributed by atoms with Gasteiger partial charge in [-0.25, -0.2) is 14.4 Å². The lowest BCUT2D eigenvalue weighted by molar-refractivity contribution is -0.137. The highest BCUT2D eigenvalue weighted by Gasteiger charge is 2.33. The van der Waals surface area contributed by atoms with E-state index in [4.69, 9.17) is 5.11 Å². The molecule has 4 rings (SSSR count). The Morgan fingerprint density at radius 1 is 0.909 bits per heavy atom. The number of hydrogen-bond acceptors (Lipinski definition) is 4. The van der Waals surface area contributed by atoms with Gasteiger partial charge in [-0.05, 0) is 60.9 Å². The van der Waals surface area contributed by atoms with Gasteiger partial charge in [-0.15, -0.1) is 0 Å². The van der Waals surface area contributed by atoms with Gasteiger partial charge in [0.2, 0.25) is 0 Å². The highest BCUT2D eigenvalue weighted by atomic mass is 19.4. The fourth-order valence-corrected chi connectivity index (χ4v) is 4.30. The Bertz CT molecular complexity index is 1070. The second kappa shape index (κ2) is 9.87. The van der Waals surface area contributed by atoms with Crippen LogP contribution in [0.1, 0.15) is 46.8 Å². The summed E-state index contributed by atoms with van der Waals surface area (Å²) in [5.74, 6) is -0.283. The Labute approximate surface area is 189 Å². The van der Waals surface area contributed by atoms with Gasteiger partial charge in [-0.2, -0.15) is 13.2 Å². The minimum absolute atomic E-state index is 0.0955. The molecule has 0 radical (unpaired) electrons. The number of rotatable bonds is 7. The third kappa shape index (κ3) is 5.33. The van der Waals surface area contributed by atoms with Crippen LogP contribution in [0.5, 0.6) is 0 Å². The predicted molar refractivity (Wildman–Crippen MR) is 117 cm³/mol. The Kier molecular flexibility index (Phi) is 6.93. The molecule has 1 saturated heterocycles. The van der Waals surface area contributed by atoms with Crippen molar-refractivity contribution in [3.05, 3.63) is 88.6 Å². The number of alkyl halides is 3. The zero-order chi connectivity index (χ0) is 23.4. The fourth-order valence-electron chi connectivity index (χ4n) is 4.30. The van der Waals surface area contributed by atoms with Crippen LogP contribution in [0, 0.1) is 5.82 Å². The third-order valence-electron chi connectivity index (χ3n) is 6.06. The van der Waals surface area contributed by atoms with Gasteiger partial charge in [0.25, 0.3) is 0 Å². The summed E-state index contributed by atoms with van der Waals surface area (Å²) in [7, 11) is 0. The Hall–Kier alpha value is -3.00. The molecule has 0 aliphatic carbocycles. The van der Waals surface area contributed by atoms with Crippen molar-refractivity contribution in [2.45, 2.75) is 44.3 Å². The number of hydrogen-bond donors (Lipinski definition) is 1. The summed E-state index contributed by atoms with van der Waals surface area (Å²) in [5, 5.41) is 9.02. The van der Waals surface area contributed by atoms with Crippen LogP contribution in [0.2, 0.25) is 0 Å². The quantitative estimate of drug-likeness (QED) is 0.488. The van der Waals surface area contributed by atoms with Crippen molar-refractivity contribution in [3.8, 4) is 0 Å². The number of aliphatic hydroxyl groups is 1. The predicted octanol–water partition coefficient (Wildman–Crippen LogP) is 5.30. The van der Waals surface area contributed by atoms with Crippen molar-refractivity contribution in [2.24, 2.45) is 0 Å². The van der Waals surface area contributed by atoms with E-state index in [-0.39, 0.29) is 18.5 Å². The highest BCUT2D eigenvalue weighted by molar-refractivity contribution is 5.46. The van der Waals surface area contributed by atoms with Crippen molar-refractivity contribution >= 4 is 5.82 Å². The van der Waals surface area contributed by atoms with E-state index in [0.29, 0.717) is 43.5 Å². The molecule has 2 aromatic carbocycles. The average Bonchev–Trinajstić information content (AvgIpc) is 3.29. The molecule has 8 heteroatoms. The van der Waals surface area contributed by atoms with Crippen LogP contribution in [-0.2, 0) is 25.4 Å². The molecule has 4 nitrogen and oxygen atoms in total. The summed E-state index contributed by atoms with van der Waals surface area (Å²) in [6.07, 6.45) is 0.0740. The van der Waals surface area contributed by atoms with Crippen molar-refractivity contribution in [1.82, 2.24) is 9.97 Å². The van der Waals surface area contributed by atoms with Gasteiger partial charge in [0, 0.05) is 13.2 Å². The normalized spacial score (nSPS) is 16.4. The number of aryl methyl sites for hydroxylation is 2. The van der Waals surface area contributed by atoms with E-state index in [2.05, 4.69) is 9.97 Å². The van der Waals surface area contributed by atoms with E-state index in [1.807, 2.05) is 29.2 Å². The maximum atomic E-state index is 15.4. The number of aliphatic hydroxyl groups excluding tert-OH is 1. The van der Waals surface area contributed by atoms with E-state index in [9.17, 15) is 13.2 Å². The van der Waals surface area contributed by atoms with Gasteiger partial charge < -0.3 is 10.0 Å². The maximum Gasteiger partial charge on any atom is 0.416 e. The van der Waals surface area contributed by atoms with Crippen LogP contribution in [-0.4, -0.2) is 28.2 Å². The van der Waals surface area contributed by atoms with E-state index in [1.165, 1.54) is 18.5 Å². The zero-order valence-electron chi connectivity index (χ0n) is 18.0. The Morgan fingerprint density at radius 3 is 2.21 bits per heavy atom. The standard InChI is InChI=1S/C25H25F4N3O/c26-23-21(12-7-17-3-5-18(6-4-17)13-15-33)30-16-31-24(23)32-14-1-2-22(32)19-8-10-20(11-9-19)25(27,28)29/h3-6,8-11,16,22,33H,1-2,7,12-15H2. The molecular weight excluding hydrogens is 434 g/mol. The number of aromatic nitrogens is 2. The molecule has 0 bridgehead atoms. The fraction of sp³-hybridized carbons (Fsp3) is 0.360. The van der Waals surface area contributed by atoms with Gasteiger partial charge >= 0.3 is 6.18 Å². The first-order valence-electron chi connectivity index (χ1n) is 11.0. The number of benzene rings is 2. The van der Waals surface area contributed by atoms with Crippen LogP contribution in [0.15, 0.2) is 54.9 Å². The number of nitrogens with zero attached hydrogens (tertiary/aromatic N) is 3. The molecular formula is C25H25F4N3O. The Balaban J connectivity index is 1.50. The summed E-state index contributed by atoms with van der Waals surface area (Å²) in [4.78, 5) is 10.1. The molecule has 1 aromatic heterocycles. The summed E-state index contributed by atoms with van der Waals surface area (Å²) < 4.78 is 54.1. The smallest absolute Gasteiger partial charge is 0.396 e. The molecule has 1 atom stereocenters. The molecule has 1 fully saturated rings. The summed E-state index contributed by atoms with van der Waals surface area (Å²) in [6.45, 7) is 0.670. The second-order valence-electron chi connectivity index (χ2n) is 8.22. The van der Waals surface area contributed by atoms with Gasteiger partial charge in [0.15, 0.2) is 11.6 Å². The molecule has 3 aromatic rings. The SMILES string of the molecule is OCCc1ccc(CCc2ncnc(N3CCCC3c3ccc(C(F)(F)F)cc3)c2F)cc1. The van der Waals surface area contributed by atoms with Crippen LogP contribution in [0.25, 0.3) is 0 Å². The van der Waals surface area contributed by atoms with E-state index in [1.54, 1.807) is 0 Å². The number of anilines is 1. The number of halogens is 4. The van der Waals surface area contributed by atoms with Gasteiger partial charge in [0.05, 0.1) is 17.3 Å². The average molecular weight is 459 g/mol. The largest absolute Gasteiger partial charge is 0.416 e. The van der Waals surface area contributed by atoms with Crippen LogP contribution < -0.4 is 4.90 Å². The molecule has 1 aliphatic heterocycles. The summed E-state index contributed by atoms with van der Waals surface area (Å²) in [6, 6.07) is 12.7. The van der Waals surface area contributed by atoms with Crippen molar-refractivity contribution in [2.75, 3.05) is 18.1 Å². The monoisotopic (exact) mass is 459 g/mol. The molecule has 1 aliphatic rings. The maximum absolute atomic E-state index is 15.4. The van der Waals surface area contributed by atoms with Gasteiger partial charge in [-0.1, -0.05) is 36.4 Å². The molecule has 1 unspecified atom stereocenters. The van der Waals surface area contributed by atoms with Crippen LogP contribution >= 0.6 is 0 Å². The second-order valence-corrected chi connectivity index (χ2v) is 8.22. The molecule has 33 heavy (non-hydrogen) atoms. The van der Waals surface area contributed by atoms with Crippen LogP contribution in [0.3, 0.4) is 0 Å². The molecule has 0 spiro atoms. The third-order valence-corrected chi connectivity index (χ3v) is 6.06. The molecule has 2 heterocycles. The molecule has 1 N–H and O–H groups in total. The summed E-state index contributed by atoms with van der Waals surface area (Å²) >= 11 is 0. The van der Waals surface area contributed by atoms with E-state index >= 15 is 4.39 Å². The topological polar surface area (TPSA) is 49.3 Å². The van der Waals surface area contributed by atoms with Crippen molar-refractivity contribution < 1.29 is 22.7 Å². The van der Waals surface area contributed by atoms with Crippen LogP contribution in [0.4, 0.5) is 23.4 Å². The minimum Gasteiger partial charge on any atom is -0.396 e. The first-order valence-corrected chi connectivity index (χ1v) is 11.0. The minimum atomic E-state index is -4.39. The first kappa shape index (κ1) is 23.2. The lowest BCUT2D eigenvalue weighted by atomic mass is 10.0. The molecule has 0 saturated carbocycles. The lowest BCUT2D eigenvalue weighted by Crippen LogP contribution is -2.25. The lowest BCUT2D eigenvalue weighted by Gasteiger charge is -2.27. The van der Waals surface area contributed by atoms with E-state index < -0.39 is 17.6 Å². The zero-order valence-corrected chi connectivity index (χ0v) is 18.0. The molecule has 174 valence electrons. The van der Waals surface area contributed by atoms with Gasteiger partial charge in [-0.3, -0.25) is 0 Å². The van der Waals surface area contributed by atoms with Crippen molar-refractivity contribution in [1.29, 1.82) is 0 Å².